The van der Waals surface area contributed by atoms with Crippen molar-refractivity contribution in [2.75, 3.05) is 4.90 Å². The van der Waals surface area contributed by atoms with Crippen LogP contribution in [0.15, 0.2) is 249 Å². The summed E-state index contributed by atoms with van der Waals surface area (Å²) in [5.41, 5.74) is 17.9. The predicted octanol–water partition coefficient (Wildman–Crippen LogP) is 15.0. The average molecular weight is 776 g/mol. The van der Waals surface area contributed by atoms with Gasteiger partial charge < -0.3 is 4.90 Å². The molecule has 0 N–H and O–H groups in total. The van der Waals surface area contributed by atoms with Crippen LogP contribution in [0.4, 0.5) is 17.1 Å². The van der Waals surface area contributed by atoms with Crippen molar-refractivity contribution in [3.05, 3.63) is 293 Å². The van der Waals surface area contributed by atoms with Gasteiger partial charge in [0.1, 0.15) is 0 Å². The van der Waals surface area contributed by atoms with Crippen molar-refractivity contribution in [3.8, 4) is 22.3 Å². The van der Waals surface area contributed by atoms with E-state index < -0.39 is 10.8 Å². The normalized spacial score (nSPS) is 13.8. The van der Waals surface area contributed by atoms with Crippen molar-refractivity contribution in [1.82, 2.24) is 0 Å². The molecule has 1 nitrogen and oxygen atoms in total. The van der Waals surface area contributed by atoms with E-state index in [1.807, 2.05) is 0 Å². The molecule has 286 valence electrons. The van der Waals surface area contributed by atoms with E-state index in [0.717, 1.165) is 17.1 Å². The lowest BCUT2D eigenvalue weighted by Crippen LogP contribution is -2.44. The Labute approximate surface area is 357 Å². The fraction of sp³-hybridized carbons (Fsp3) is 0.0333. The number of rotatable bonds is 6. The second-order valence-corrected chi connectivity index (χ2v) is 16.3. The molecule has 1 spiro atoms. The van der Waals surface area contributed by atoms with E-state index in [1.54, 1.807) is 0 Å². The first-order chi connectivity index (χ1) is 30.3. The van der Waals surface area contributed by atoms with Crippen molar-refractivity contribution in [3.63, 3.8) is 0 Å². The average Bonchev–Trinajstić information content (AvgIpc) is 3.63. The maximum Gasteiger partial charge on any atom is 0.0720 e. The van der Waals surface area contributed by atoms with Gasteiger partial charge >= 0.3 is 0 Å². The molecule has 0 saturated heterocycles. The van der Waals surface area contributed by atoms with Crippen LogP contribution in [-0.2, 0) is 10.8 Å². The molecular formula is C60H41N. The molecule has 12 rings (SSSR count). The lowest BCUT2D eigenvalue weighted by molar-refractivity contribution is 0.623. The van der Waals surface area contributed by atoms with Crippen molar-refractivity contribution in [1.29, 1.82) is 0 Å². The molecule has 0 saturated carbocycles. The highest BCUT2D eigenvalue weighted by molar-refractivity contribution is 6.07. The van der Waals surface area contributed by atoms with Gasteiger partial charge in [-0.25, -0.2) is 0 Å². The number of hydrogen-bond acceptors (Lipinski definition) is 1. The number of nitrogens with zero attached hydrogens (tertiary/aromatic N) is 1. The van der Waals surface area contributed by atoms with Crippen molar-refractivity contribution in [2.24, 2.45) is 0 Å². The molecule has 0 radical (unpaired) electrons. The van der Waals surface area contributed by atoms with Gasteiger partial charge in [-0.05, 0) is 109 Å². The van der Waals surface area contributed by atoms with Crippen molar-refractivity contribution in [2.45, 2.75) is 10.8 Å². The molecule has 2 aliphatic carbocycles. The van der Waals surface area contributed by atoms with Crippen molar-refractivity contribution < 1.29 is 0 Å². The molecule has 0 amide bonds. The zero-order valence-electron chi connectivity index (χ0n) is 33.6. The van der Waals surface area contributed by atoms with E-state index in [1.165, 1.54) is 77.5 Å². The summed E-state index contributed by atoms with van der Waals surface area (Å²) in [6, 6.07) is 92.2. The Morgan fingerprint density at radius 3 is 1.25 bits per heavy atom. The fourth-order valence-corrected chi connectivity index (χ4v) is 11.1. The molecule has 1 heteroatoms. The molecule has 61 heavy (non-hydrogen) atoms. The monoisotopic (exact) mass is 775 g/mol. The van der Waals surface area contributed by atoms with Crippen LogP contribution < -0.4 is 4.90 Å². The van der Waals surface area contributed by atoms with E-state index in [-0.39, 0.29) is 0 Å². The standard InChI is InChI=1S/C60H41N/c1-5-21-43(22-6-1)59(44-23-7-2-8-24-44)54-33-17-19-35-56(54)60(57-36-20-18-34-55(57)59)52-32-16-15-30-49(52)51-41-42(37-39-53(51)60)47-38-40-58(50-31-14-13-29-48(47)50)61(45-25-9-3-10-26-45)46-27-11-4-12-28-46/h1-41H. The van der Waals surface area contributed by atoms with Crippen LogP contribution in [0, 0.1) is 0 Å². The molecule has 10 aromatic carbocycles. The molecule has 0 bridgehead atoms. The SMILES string of the molecule is c1ccc(N(c2ccccc2)c2ccc(-c3ccc4c(c3)-c3ccccc3C43c4ccccc4C(c4ccccc4)(c4ccccc4)c4ccccc43)c3ccccc23)cc1. The molecule has 0 heterocycles. The van der Waals surface area contributed by atoms with Gasteiger partial charge in [-0.1, -0.05) is 212 Å². The van der Waals surface area contributed by atoms with Crippen molar-refractivity contribution >= 4 is 27.8 Å². The molecule has 0 unspecified atom stereocenters. The minimum absolute atomic E-state index is 0.521. The third kappa shape index (κ3) is 5.01. The summed E-state index contributed by atoms with van der Waals surface area (Å²) in [7, 11) is 0. The van der Waals surface area contributed by atoms with E-state index >= 15 is 0 Å². The Balaban J connectivity index is 1.10. The number of hydrogen-bond donors (Lipinski definition) is 0. The zero-order valence-corrected chi connectivity index (χ0v) is 33.6. The maximum absolute atomic E-state index is 2.47. The van der Waals surface area contributed by atoms with Crippen LogP contribution in [0.2, 0.25) is 0 Å². The highest BCUT2D eigenvalue weighted by Gasteiger charge is 2.56. The van der Waals surface area contributed by atoms with Crippen LogP contribution in [-0.4, -0.2) is 0 Å². The number of fused-ring (bicyclic) bond motifs is 10. The Morgan fingerprint density at radius 1 is 0.262 bits per heavy atom. The Bertz CT molecular complexity index is 3110. The lowest BCUT2D eigenvalue weighted by Gasteiger charge is -2.50. The smallest absolute Gasteiger partial charge is 0.0720 e. The molecule has 2 aliphatic rings. The van der Waals surface area contributed by atoms with E-state index in [4.69, 9.17) is 0 Å². The van der Waals surface area contributed by atoms with E-state index in [2.05, 4.69) is 254 Å². The van der Waals surface area contributed by atoms with Crippen LogP contribution in [0.25, 0.3) is 33.0 Å². The Kier molecular flexibility index (Phi) is 8.05. The Hall–Kier alpha value is -7.74. The first-order valence-corrected chi connectivity index (χ1v) is 21.3. The van der Waals surface area contributed by atoms with Gasteiger partial charge in [0.05, 0.1) is 16.5 Å². The molecule has 0 atom stereocenters. The van der Waals surface area contributed by atoms with Gasteiger partial charge in [0, 0.05) is 16.8 Å². The molecular weight excluding hydrogens is 735 g/mol. The summed E-state index contributed by atoms with van der Waals surface area (Å²) < 4.78 is 0. The lowest BCUT2D eigenvalue weighted by atomic mass is 9.51. The molecule has 0 aliphatic heterocycles. The minimum Gasteiger partial charge on any atom is -0.310 e. The fourth-order valence-electron chi connectivity index (χ4n) is 11.1. The van der Waals surface area contributed by atoms with Crippen LogP contribution in [0.3, 0.4) is 0 Å². The highest BCUT2D eigenvalue weighted by Crippen LogP contribution is 2.64. The summed E-state index contributed by atoms with van der Waals surface area (Å²) in [6.07, 6.45) is 0. The summed E-state index contributed by atoms with van der Waals surface area (Å²) in [6.45, 7) is 0. The molecule has 0 fully saturated rings. The van der Waals surface area contributed by atoms with Crippen LogP contribution >= 0.6 is 0 Å². The first-order valence-electron chi connectivity index (χ1n) is 21.3. The number of para-hydroxylation sites is 2. The van der Waals surface area contributed by atoms with Gasteiger partial charge in [0.2, 0.25) is 0 Å². The first kappa shape index (κ1) is 35.2. The molecule has 10 aromatic rings. The van der Waals surface area contributed by atoms with E-state index in [9.17, 15) is 0 Å². The quantitative estimate of drug-likeness (QED) is 0.163. The maximum atomic E-state index is 2.47. The number of anilines is 3. The zero-order chi connectivity index (χ0) is 40.4. The van der Waals surface area contributed by atoms with Gasteiger partial charge in [-0.3, -0.25) is 0 Å². The van der Waals surface area contributed by atoms with Crippen LogP contribution in [0.5, 0.6) is 0 Å². The largest absolute Gasteiger partial charge is 0.310 e. The van der Waals surface area contributed by atoms with Gasteiger partial charge in [-0.15, -0.1) is 0 Å². The third-order valence-electron chi connectivity index (χ3n) is 13.4. The minimum atomic E-state index is -0.525. The predicted molar refractivity (Wildman–Crippen MR) is 253 cm³/mol. The third-order valence-corrected chi connectivity index (χ3v) is 13.4. The summed E-state index contributed by atoms with van der Waals surface area (Å²) in [5.74, 6) is 0. The van der Waals surface area contributed by atoms with Gasteiger partial charge in [0.15, 0.2) is 0 Å². The van der Waals surface area contributed by atoms with E-state index in [0.29, 0.717) is 0 Å². The van der Waals surface area contributed by atoms with Gasteiger partial charge in [0.25, 0.3) is 0 Å². The van der Waals surface area contributed by atoms with Crippen LogP contribution in [0.1, 0.15) is 44.5 Å². The summed E-state index contributed by atoms with van der Waals surface area (Å²) >= 11 is 0. The van der Waals surface area contributed by atoms with Gasteiger partial charge in [-0.2, -0.15) is 0 Å². The summed E-state index contributed by atoms with van der Waals surface area (Å²) in [4.78, 5) is 2.37. The second kappa shape index (κ2) is 13.9. The summed E-state index contributed by atoms with van der Waals surface area (Å²) in [5, 5.41) is 2.43. The molecule has 0 aromatic heterocycles. The Morgan fingerprint density at radius 2 is 0.689 bits per heavy atom. The second-order valence-electron chi connectivity index (χ2n) is 16.3. The number of benzene rings is 10. The highest BCUT2D eigenvalue weighted by atomic mass is 15.1. The topological polar surface area (TPSA) is 3.24 Å².